The van der Waals surface area contributed by atoms with Crippen molar-refractivity contribution in [3.8, 4) is 0 Å². The van der Waals surface area contributed by atoms with Gasteiger partial charge in [-0.05, 0) is 23.5 Å². The fraction of sp³-hybridized carbons (Fsp3) is 0.533. The SMILES string of the molecule is CCc1ccccc1CNC(=NC)NCC(C)C. The highest BCUT2D eigenvalue weighted by molar-refractivity contribution is 5.79. The summed E-state index contributed by atoms with van der Waals surface area (Å²) in [4.78, 5) is 4.22. The van der Waals surface area contributed by atoms with Crippen LogP contribution < -0.4 is 10.6 Å². The first-order valence-electron chi connectivity index (χ1n) is 6.68. The van der Waals surface area contributed by atoms with E-state index in [0.29, 0.717) is 5.92 Å². The van der Waals surface area contributed by atoms with Gasteiger partial charge in [-0.2, -0.15) is 0 Å². The second-order valence-electron chi connectivity index (χ2n) is 4.82. The van der Waals surface area contributed by atoms with Crippen LogP contribution in [0.15, 0.2) is 29.3 Å². The van der Waals surface area contributed by atoms with Crippen LogP contribution in [0.5, 0.6) is 0 Å². The molecule has 100 valence electrons. The van der Waals surface area contributed by atoms with E-state index in [2.05, 4.69) is 60.7 Å². The Balaban J connectivity index is 2.52. The van der Waals surface area contributed by atoms with Crippen LogP contribution in [-0.4, -0.2) is 19.6 Å². The molecular weight excluding hydrogens is 222 g/mol. The molecule has 0 bridgehead atoms. The smallest absolute Gasteiger partial charge is 0.191 e. The van der Waals surface area contributed by atoms with E-state index >= 15 is 0 Å². The summed E-state index contributed by atoms with van der Waals surface area (Å²) in [6.45, 7) is 8.32. The second-order valence-corrected chi connectivity index (χ2v) is 4.82. The van der Waals surface area contributed by atoms with Crippen LogP contribution in [0.3, 0.4) is 0 Å². The molecule has 0 aliphatic rings. The number of hydrogen-bond acceptors (Lipinski definition) is 1. The van der Waals surface area contributed by atoms with Crippen LogP contribution in [0.1, 0.15) is 31.9 Å². The molecule has 18 heavy (non-hydrogen) atoms. The molecule has 1 aromatic rings. The first kappa shape index (κ1) is 14.6. The van der Waals surface area contributed by atoms with E-state index in [0.717, 1.165) is 25.5 Å². The molecule has 0 atom stereocenters. The zero-order valence-corrected chi connectivity index (χ0v) is 12.0. The highest BCUT2D eigenvalue weighted by Crippen LogP contribution is 2.08. The lowest BCUT2D eigenvalue weighted by atomic mass is 10.1. The summed E-state index contributed by atoms with van der Waals surface area (Å²) < 4.78 is 0. The van der Waals surface area contributed by atoms with Gasteiger partial charge in [0.15, 0.2) is 5.96 Å². The van der Waals surface area contributed by atoms with E-state index in [4.69, 9.17) is 0 Å². The Morgan fingerprint density at radius 3 is 2.39 bits per heavy atom. The fourth-order valence-electron chi connectivity index (χ4n) is 1.78. The Morgan fingerprint density at radius 2 is 1.83 bits per heavy atom. The van der Waals surface area contributed by atoms with Crippen molar-refractivity contribution >= 4 is 5.96 Å². The van der Waals surface area contributed by atoms with Gasteiger partial charge in [0.2, 0.25) is 0 Å². The Morgan fingerprint density at radius 1 is 1.17 bits per heavy atom. The van der Waals surface area contributed by atoms with Crippen LogP contribution in [-0.2, 0) is 13.0 Å². The minimum Gasteiger partial charge on any atom is -0.356 e. The maximum atomic E-state index is 4.22. The largest absolute Gasteiger partial charge is 0.356 e. The number of guanidine groups is 1. The number of hydrogen-bond donors (Lipinski definition) is 2. The highest BCUT2D eigenvalue weighted by Gasteiger charge is 2.02. The summed E-state index contributed by atoms with van der Waals surface area (Å²) in [5.74, 6) is 1.49. The van der Waals surface area contributed by atoms with Crippen LogP contribution >= 0.6 is 0 Å². The predicted octanol–water partition coefficient (Wildman–Crippen LogP) is 2.57. The molecule has 3 heteroatoms. The maximum Gasteiger partial charge on any atom is 0.191 e. The highest BCUT2D eigenvalue weighted by atomic mass is 15.2. The number of rotatable bonds is 5. The minimum atomic E-state index is 0.617. The van der Waals surface area contributed by atoms with Crippen molar-refractivity contribution < 1.29 is 0 Å². The maximum absolute atomic E-state index is 4.22. The van der Waals surface area contributed by atoms with Gasteiger partial charge < -0.3 is 10.6 Å². The van der Waals surface area contributed by atoms with E-state index in [9.17, 15) is 0 Å². The first-order chi connectivity index (χ1) is 8.67. The third kappa shape index (κ3) is 4.78. The molecular formula is C15H25N3. The molecule has 0 heterocycles. The van der Waals surface area contributed by atoms with Crippen LogP contribution in [0, 0.1) is 5.92 Å². The molecule has 1 rings (SSSR count). The van der Waals surface area contributed by atoms with Gasteiger partial charge in [-0.25, -0.2) is 0 Å². The molecule has 0 saturated carbocycles. The molecule has 0 amide bonds. The molecule has 0 fully saturated rings. The van der Waals surface area contributed by atoms with Crippen molar-refractivity contribution in [2.45, 2.75) is 33.7 Å². The van der Waals surface area contributed by atoms with Gasteiger partial charge >= 0.3 is 0 Å². The van der Waals surface area contributed by atoms with Crippen molar-refractivity contribution in [1.29, 1.82) is 0 Å². The van der Waals surface area contributed by atoms with Gasteiger partial charge in [0, 0.05) is 20.1 Å². The molecule has 0 saturated heterocycles. The monoisotopic (exact) mass is 247 g/mol. The van der Waals surface area contributed by atoms with Gasteiger partial charge in [-0.3, -0.25) is 4.99 Å². The van der Waals surface area contributed by atoms with E-state index < -0.39 is 0 Å². The number of aryl methyl sites for hydroxylation is 1. The van der Waals surface area contributed by atoms with E-state index in [1.54, 1.807) is 7.05 Å². The molecule has 3 nitrogen and oxygen atoms in total. The normalized spacial score (nSPS) is 11.7. The Kier molecular flexibility index (Phi) is 6.26. The topological polar surface area (TPSA) is 36.4 Å². The zero-order chi connectivity index (χ0) is 13.4. The van der Waals surface area contributed by atoms with Gasteiger partial charge in [0.25, 0.3) is 0 Å². The molecule has 0 unspecified atom stereocenters. The molecule has 0 radical (unpaired) electrons. The van der Waals surface area contributed by atoms with Crippen molar-refractivity contribution in [2.24, 2.45) is 10.9 Å². The zero-order valence-electron chi connectivity index (χ0n) is 12.0. The first-order valence-corrected chi connectivity index (χ1v) is 6.68. The van der Waals surface area contributed by atoms with Crippen molar-refractivity contribution in [1.82, 2.24) is 10.6 Å². The van der Waals surface area contributed by atoms with E-state index in [1.165, 1.54) is 11.1 Å². The predicted molar refractivity (Wildman–Crippen MR) is 78.9 cm³/mol. The van der Waals surface area contributed by atoms with Crippen LogP contribution in [0.25, 0.3) is 0 Å². The minimum absolute atomic E-state index is 0.617. The Labute approximate surface area is 111 Å². The van der Waals surface area contributed by atoms with E-state index in [1.807, 2.05) is 0 Å². The quantitative estimate of drug-likeness (QED) is 0.620. The van der Waals surface area contributed by atoms with Crippen molar-refractivity contribution in [3.05, 3.63) is 35.4 Å². The summed E-state index contributed by atoms with van der Waals surface area (Å²) in [5.41, 5.74) is 2.73. The molecule has 1 aromatic carbocycles. The molecule has 0 aromatic heterocycles. The van der Waals surface area contributed by atoms with Gasteiger partial charge in [-0.15, -0.1) is 0 Å². The van der Waals surface area contributed by atoms with Gasteiger partial charge in [0.05, 0.1) is 0 Å². The van der Waals surface area contributed by atoms with E-state index in [-0.39, 0.29) is 0 Å². The number of benzene rings is 1. The molecule has 2 N–H and O–H groups in total. The average Bonchev–Trinajstić information content (AvgIpc) is 2.39. The molecule has 0 aliphatic carbocycles. The lowest BCUT2D eigenvalue weighted by Crippen LogP contribution is -2.38. The lowest BCUT2D eigenvalue weighted by molar-refractivity contribution is 0.614. The average molecular weight is 247 g/mol. The van der Waals surface area contributed by atoms with Crippen LogP contribution in [0.2, 0.25) is 0 Å². The van der Waals surface area contributed by atoms with Gasteiger partial charge in [0.1, 0.15) is 0 Å². The van der Waals surface area contributed by atoms with Crippen LogP contribution in [0.4, 0.5) is 0 Å². The standard InChI is InChI=1S/C15H25N3/c1-5-13-8-6-7-9-14(13)11-18-15(16-4)17-10-12(2)3/h6-9,12H,5,10-11H2,1-4H3,(H2,16,17,18). The lowest BCUT2D eigenvalue weighted by Gasteiger charge is -2.14. The Bertz CT molecular complexity index is 383. The summed E-state index contributed by atoms with van der Waals surface area (Å²) >= 11 is 0. The Hall–Kier alpha value is -1.51. The molecule has 0 spiro atoms. The fourth-order valence-corrected chi connectivity index (χ4v) is 1.78. The summed E-state index contributed by atoms with van der Waals surface area (Å²) in [5, 5.41) is 6.67. The number of nitrogens with zero attached hydrogens (tertiary/aromatic N) is 1. The third-order valence-electron chi connectivity index (χ3n) is 2.85. The molecule has 0 aliphatic heterocycles. The van der Waals surface area contributed by atoms with Gasteiger partial charge in [-0.1, -0.05) is 45.0 Å². The summed E-state index contributed by atoms with van der Waals surface area (Å²) in [6.07, 6.45) is 1.07. The summed E-state index contributed by atoms with van der Waals surface area (Å²) in [7, 11) is 1.81. The summed E-state index contributed by atoms with van der Waals surface area (Å²) in [6, 6.07) is 8.53. The van der Waals surface area contributed by atoms with Crippen molar-refractivity contribution in [3.63, 3.8) is 0 Å². The second kappa shape index (κ2) is 7.75. The number of nitrogens with one attached hydrogen (secondary N) is 2. The van der Waals surface area contributed by atoms with Crippen molar-refractivity contribution in [2.75, 3.05) is 13.6 Å². The third-order valence-corrected chi connectivity index (χ3v) is 2.85. The number of aliphatic imine (C=N–C) groups is 1.